The fourth-order valence-electron chi connectivity index (χ4n) is 1.59. The first-order valence-electron chi connectivity index (χ1n) is 5.98. The van der Waals surface area contributed by atoms with Gasteiger partial charge in [0, 0.05) is 0 Å². The third-order valence-electron chi connectivity index (χ3n) is 2.60. The van der Waals surface area contributed by atoms with E-state index in [0.29, 0.717) is 21.8 Å². The van der Waals surface area contributed by atoms with Crippen LogP contribution in [0.2, 0.25) is 0 Å². The zero-order chi connectivity index (χ0) is 15.8. The van der Waals surface area contributed by atoms with Crippen molar-refractivity contribution in [2.24, 2.45) is 0 Å². The predicted octanol–water partition coefficient (Wildman–Crippen LogP) is 0.869. The molecule has 1 amide bonds. The van der Waals surface area contributed by atoms with Gasteiger partial charge in [0.1, 0.15) is 0 Å². The average Bonchev–Trinajstić information content (AvgIpc) is 2.52. The Morgan fingerprint density at radius 2 is 1.71 bits per heavy atom. The van der Waals surface area contributed by atoms with Crippen molar-refractivity contribution >= 4 is 42.4 Å². The van der Waals surface area contributed by atoms with Gasteiger partial charge < -0.3 is 0 Å². The summed E-state index contributed by atoms with van der Waals surface area (Å²) in [5, 5.41) is 2.71. The Bertz CT molecular complexity index is 498. The van der Waals surface area contributed by atoms with Crippen LogP contribution in [0.4, 0.5) is 0 Å². The quantitative estimate of drug-likeness (QED) is 0.499. The van der Waals surface area contributed by atoms with Gasteiger partial charge in [0.2, 0.25) is 0 Å². The summed E-state index contributed by atoms with van der Waals surface area (Å²) in [5.41, 5.74) is 0.276. The first-order valence-corrected chi connectivity index (χ1v) is 9.96. The summed E-state index contributed by atoms with van der Waals surface area (Å²) in [7, 11) is 4.43. The van der Waals surface area contributed by atoms with Gasteiger partial charge in [-0.1, -0.05) is 0 Å². The van der Waals surface area contributed by atoms with Crippen LogP contribution in [-0.4, -0.2) is 62.6 Å². The van der Waals surface area contributed by atoms with E-state index in [1.807, 2.05) is 0 Å². The third-order valence-corrected chi connectivity index (χ3v) is 6.12. The molecule has 0 aliphatic heterocycles. The van der Waals surface area contributed by atoms with E-state index in [9.17, 15) is 9.59 Å². The molecule has 1 aromatic carbocycles. The number of carbonyl (C=O) groups excluding carboxylic acids is 2. The molecule has 0 unspecified atom stereocenters. The van der Waals surface area contributed by atoms with Gasteiger partial charge in [0.15, 0.2) is 0 Å². The van der Waals surface area contributed by atoms with Crippen LogP contribution in [0.15, 0.2) is 12.1 Å². The number of hydrogen-bond acceptors (Lipinski definition) is 5. The fourth-order valence-corrected chi connectivity index (χ4v) is 3.76. The summed E-state index contributed by atoms with van der Waals surface area (Å²) in [6, 6.07) is 3.20. The SMILES string of the molecule is COc1cc(OC)c(C(=O)N[CH2][Sn][C](=O)CCl)c(OC)c1. The second-order valence-electron chi connectivity index (χ2n) is 3.82. The summed E-state index contributed by atoms with van der Waals surface area (Å²) in [5.74, 6) is 0.871. The Morgan fingerprint density at radius 1 is 1.14 bits per heavy atom. The minimum absolute atomic E-state index is 0.0111. The molecular formula is C13H16ClNO5Sn. The Labute approximate surface area is 138 Å². The van der Waals surface area contributed by atoms with Gasteiger partial charge in [-0.25, -0.2) is 0 Å². The molecule has 0 saturated carbocycles. The summed E-state index contributed by atoms with van der Waals surface area (Å²) >= 11 is 4.09. The molecule has 1 rings (SSSR count). The summed E-state index contributed by atoms with van der Waals surface area (Å²) < 4.78 is 15.9. The van der Waals surface area contributed by atoms with E-state index in [1.165, 1.54) is 21.3 Å². The number of rotatable bonds is 8. The van der Waals surface area contributed by atoms with Crippen molar-refractivity contribution in [3.8, 4) is 17.2 Å². The Kier molecular flexibility index (Phi) is 7.66. The average molecular weight is 420 g/mol. The van der Waals surface area contributed by atoms with Crippen LogP contribution in [-0.2, 0) is 4.79 Å². The molecule has 0 spiro atoms. The molecule has 0 aliphatic rings. The van der Waals surface area contributed by atoms with Gasteiger partial charge in [0.05, 0.1) is 0 Å². The summed E-state index contributed by atoms with van der Waals surface area (Å²) in [6.07, 6.45) is 0. The zero-order valence-corrected chi connectivity index (χ0v) is 15.6. The van der Waals surface area contributed by atoms with Crippen LogP contribution in [0.3, 0.4) is 0 Å². The van der Waals surface area contributed by atoms with Gasteiger partial charge in [-0.3, -0.25) is 0 Å². The molecule has 114 valence electrons. The first kappa shape index (κ1) is 17.9. The molecule has 8 heteroatoms. The van der Waals surface area contributed by atoms with Gasteiger partial charge in [-0.15, -0.1) is 0 Å². The second kappa shape index (κ2) is 8.99. The van der Waals surface area contributed by atoms with E-state index >= 15 is 0 Å². The van der Waals surface area contributed by atoms with E-state index in [-0.39, 0.29) is 21.1 Å². The van der Waals surface area contributed by atoms with E-state index in [2.05, 4.69) is 5.32 Å². The summed E-state index contributed by atoms with van der Waals surface area (Å²) in [6.45, 7) is 0. The van der Waals surface area contributed by atoms with Crippen molar-refractivity contribution in [2.45, 2.75) is 0 Å². The molecule has 0 heterocycles. The number of hydrogen-bond donors (Lipinski definition) is 1. The van der Waals surface area contributed by atoms with Crippen LogP contribution in [0.1, 0.15) is 10.4 Å². The normalized spacial score (nSPS) is 9.90. The second-order valence-corrected chi connectivity index (χ2v) is 7.70. The topological polar surface area (TPSA) is 73.9 Å². The minimum atomic E-state index is -1.35. The molecule has 0 saturated heterocycles. The molecular weight excluding hydrogens is 404 g/mol. The van der Waals surface area contributed by atoms with Gasteiger partial charge in [-0.05, 0) is 0 Å². The Balaban J connectivity index is 2.94. The number of nitrogens with one attached hydrogen (secondary N) is 1. The van der Waals surface area contributed by atoms with Crippen molar-refractivity contribution in [3.63, 3.8) is 0 Å². The van der Waals surface area contributed by atoms with E-state index in [1.54, 1.807) is 12.1 Å². The van der Waals surface area contributed by atoms with Crippen molar-refractivity contribution in [3.05, 3.63) is 17.7 Å². The van der Waals surface area contributed by atoms with Crippen LogP contribution in [0.25, 0.3) is 0 Å². The van der Waals surface area contributed by atoms with Crippen LogP contribution < -0.4 is 19.5 Å². The number of alkyl halides is 1. The number of amides is 1. The molecule has 0 fully saturated rings. The number of methoxy groups -OCH3 is 3. The van der Waals surface area contributed by atoms with Crippen molar-refractivity contribution in [2.75, 3.05) is 31.8 Å². The molecule has 6 nitrogen and oxygen atoms in total. The predicted molar refractivity (Wildman–Crippen MR) is 79.9 cm³/mol. The third kappa shape index (κ3) is 4.96. The van der Waals surface area contributed by atoms with Gasteiger partial charge in [0.25, 0.3) is 0 Å². The fraction of sp³-hybridized carbons (Fsp3) is 0.385. The van der Waals surface area contributed by atoms with Crippen molar-refractivity contribution in [1.29, 1.82) is 0 Å². The monoisotopic (exact) mass is 421 g/mol. The number of ether oxygens (including phenoxy) is 3. The molecule has 2 radical (unpaired) electrons. The zero-order valence-electron chi connectivity index (χ0n) is 12.0. The summed E-state index contributed by atoms with van der Waals surface area (Å²) in [4.78, 5) is 23.4. The number of benzene rings is 1. The van der Waals surface area contributed by atoms with E-state index in [4.69, 9.17) is 25.8 Å². The van der Waals surface area contributed by atoms with Crippen LogP contribution >= 0.6 is 11.6 Å². The standard InChI is InChI=1S/C11H14NO4.C2H2ClO.Sn/c1-12-11(13)10-8(15-3)5-7(14-2)6-9(10)16-4;3-1-2-4;/h5-6H,1H2,2-4H3,(H,12,13);1H2;. The molecule has 1 N–H and O–H groups in total. The van der Waals surface area contributed by atoms with Crippen LogP contribution in [0, 0.1) is 0 Å². The van der Waals surface area contributed by atoms with Crippen LogP contribution in [0.5, 0.6) is 17.2 Å². The molecule has 21 heavy (non-hydrogen) atoms. The molecule has 0 aromatic heterocycles. The van der Waals surface area contributed by atoms with Crippen molar-refractivity contribution in [1.82, 2.24) is 5.32 Å². The first-order chi connectivity index (χ1) is 10.1. The van der Waals surface area contributed by atoms with Crippen molar-refractivity contribution < 1.29 is 23.8 Å². The van der Waals surface area contributed by atoms with E-state index < -0.39 is 21.1 Å². The Hall–Kier alpha value is -1.15. The van der Waals surface area contributed by atoms with Gasteiger partial charge in [-0.2, -0.15) is 0 Å². The number of carbonyl (C=O) groups is 2. The maximum absolute atomic E-state index is 12.2. The van der Waals surface area contributed by atoms with E-state index in [0.717, 1.165) is 0 Å². The van der Waals surface area contributed by atoms with Gasteiger partial charge >= 0.3 is 138 Å². The molecule has 0 atom stereocenters. The Morgan fingerprint density at radius 3 is 2.14 bits per heavy atom. The maximum atomic E-state index is 12.2. The molecule has 1 aromatic rings. The molecule has 0 bridgehead atoms. The molecule has 0 aliphatic carbocycles. The number of halogens is 1.